The summed E-state index contributed by atoms with van der Waals surface area (Å²) in [5.41, 5.74) is 0.422. The van der Waals surface area contributed by atoms with E-state index in [0.29, 0.717) is 10.0 Å². The number of benzene rings is 1. The maximum atomic E-state index is 13.5. The number of alkyl halides is 1. The Morgan fingerprint density at radius 3 is 2.53 bits per heavy atom. The van der Waals surface area contributed by atoms with Gasteiger partial charge in [-0.2, -0.15) is 0 Å². The number of carbonyl (C=O) groups excluding carboxylic acids is 1. The number of halogens is 3. The van der Waals surface area contributed by atoms with Gasteiger partial charge >= 0.3 is 0 Å². The van der Waals surface area contributed by atoms with Crippen molar-refractivity contribution in [1.82, 2.24) is 4.90 Å². The van der Waals surface area contributed by atoms with Crippen LogP contribution >= 0.6 is 27.5 Å². The van der Waals surface area contributed by atoms with E-state index in [1.54, 1.807) is 12.1 Å². The Hall–Kier alpha value is -0.610. The van der Waals surface area contributed by atoms with Crippen LogP contribution < -0.4 is 0 Å². The summed E-state index contributed by atoms with van der Waals surface area (Å²) in [6.45, 7) is 0. The molecule has 0 saturated carbocycles. The molecule has 0 aromatic heterocycles. The lowest BCUT2D eigenvalue weighted by Gasteiger charge is -2.37. The highest BCUT2D eigenvalue weighted by atomic mass is 79.9. The minimum absolute atomic E-state index is 0.0672. The van der Waals surface area contributed by atoms with Gasteiger partial charge < -0.3 is 4.90 Å². The van der Waals surface area contributed by atoms with Crippen molar-refractivity contribution in [3.8, 4) is 0 Å². The molecule has 2 heterocycles. The standard InChI is InChI=1S/C14H14BrClFNO/c15-12-4-1-8(5-13(12)17)14(19)18-10-2-3-11(18)7-9(16)6-10/h1,4-5,9-11H,2-3,6-7H2. The molecule has 1 amide bonds. The van der Waals surface area contributed by atoms with Crippen LogP contribution in [0.3, 0.4) is 0 Å². The normalized spacial score (nSPS) is 29.6. The Kier molecular flexibility index (Phi) is 3.56. The van der Waals surface area contributed by atoms with Gasteiger partial charge in [-0.05, 0) is 59.8 Å². The van der Waals surface area contributed by atoms with Gasteiger partial charge in [0.1, 0.15) is 5.82 Å². The van der Waals surface area contributed by atoms with E-state index in [0.717, 1.165) is 25.7 Å². The largest absolute Gasteiger partial charge is 0.333 e. The summed E-state index contributed by atoms with van der Waals surface area (Å²) in [5, 5.41) is 0.170. The van der Waals surface area contributed by atoms with Crippen LogP contribution in [0.2, 0.25) is 0 Å². The fourth-order valence-corrected chi connectivity index (χ4v) is 3.88. The first-order chi connectivity index (χ1) is 9.06. The van der Waals surface area contributed by atoms with Crippen molar-refractivity contribution in [1.29, 1.82) is 0 Å². The smallest absolute Gasteiger partial charge is 0.254 e. The number of fused-ring (bicyclic) bond motifs is 2. The average molecular weight is 347 g/mol. The van der Waals surface area contributed by atoms with Crippen molar-refractivity contribution in [2.24, 2.45) is 0 Å². The first-order valence-corrected chi connectivity index (χ1v) is 7.71. The van der Waals surface area contributed by atoms with Crippen LogP contribution in [-0.4, -0.2) is 28.3 Å². The summed E-state index contributed by atoms with van der Waals surface area (Å²) < 4.78 is 13.9. The predicted molar refractivity (Wildman–Crippen MR) is 76.0 cm³/mol. The maximum Gasteiger partial charge on any atom is 0.254 e. The van der Waals surface area contributed by atoms with E-state index < -0.39 is 5.82 Å². The van der Waals surface area contributed by atoms with Gasteiger partial charge in [0.25, 0.3) is 5.91 Å². The van der Waals surface area contributed by atoms with Gasteiger partial charge in [0.15, 0.2) is 0 Å². The molecule has 102 valence electrons. The second-order valence-corrected chi connectivity index (χ2v) is 6.77. The molecule has 1 aromatic rings. The van der Waals surface area contributed by atoms with Crippen molar-refractivity contribution in [2.75, 3.05) is 0 Å². The van der Waals surface area contributed by atoms with Gasteiger partial charge in [0.05, 0.1) is 4.47 Å². The van der Waals surface area contributed by atoms with Crippen LogP contribution in [-0.2, 0) is 0 Å². The lowest BCUT2D eigenvalue weighted by atomic mass is 10.0. The molecule has 0 spiro atoms. The highest BCUT2D eigenvalue weighted by molar-refractivity contribution is 9.10. The Bertz CT molecular complexity index is 510. The minimum atomic E-state index is -0.398. The van der Waals surface area contributed by atoms with Crippen LogP contribution in [0, 0.1) is 5.82 Å². The quantitative estimate of drug-likeness (QED) is 0.705. The number of hydrogen-bond donors (Lipinski definition) is 0. The zero-order chi connectivity index (χ0) is 13.6. The molecule has 3 rings (SSSR count). The summed E-state index contributed by atoms with van der Waals surface area (Å²) in [4.78, 5) is 14.4. The van der Waals surface area contributed by atoms with Crippen molar-refractivity contribution < 1.29 is 9.18 Å². The molecule has 2 fully saturated rings. The monoisotopic (exact) mass is 345 g/mol. The number of piperidine rings is 1. The van der Waals surface area contributed by atoms with Crippen molar-refractivity contribution in [2.45, 2.75) is 43.1 Å². The molecule has 2 bridgehead atoms. The van der Waals surface area contributed by atoms with Gasteiger partial charge in [0.2, 0.25) is 0 Å². The summed E-state index contributed by atoms with van der Waals surface area (Å²) in [7, 11) is 0. The van der Waals surface area contributed by atoms with Gasteiger partial charge in [-0.1, -0.05) is 0 Å². The molecule has 5 heteroatoms. The van der Waals surface area contributed by atoms with Crippen LogP contribution in [0.4, 0.5) is 4.39 Å². The fourth-order valence-electron chi connectivity index (χ4n) is 3.22. The molecule has 2 aliphatic heterocycles. The number of nitrogens with zero attached hydrogens (tertiary/aromatic N) is 1. The number of carbonyl (C=O) groups is 1. The van der Waals surface area contributed by atoms with E-state index in [9.17, 15) is 9.18 Å². The third kappa shape index (κ3) is 2.40. The lowest BCUT2D eigenvalue weighted by molar-refractivity contribution is 0.0599. The number of hydrogen-bond acceptors (Lipinski definition) is 1. The molecule has 19 heavy (non-hydrogen) atoms. The topological polar surface area (TPSA) is 20.3 Å². The van der Waals surface area contributed by atoms with Gasteiger partial charge in [-0.15, -0.1) is 11.6 Å². The Morgan fingerprint density at radius 2 is 1.95 bits per heavy atom. The molecule has 0 N–H and O–H groups in total. The molecule has 0 radical (unpaired) electrons. The summed E-state index contributed by atoms with van der Waals surface area (Å²) in [6, 6.07) is 5.00. The number of amides is 1. The zero-order valence-electron chi connectivity index (χ0n) is 10.3. The second kappa shape index (κ2) is 5.06. The van der Waals surface area contributed by atoms with E-state index in [-0.39, 0.29) is 23.4 Å². The Balaban J connectivity index is 1.86. The van der Waals surface area contributed by atoms with Crippen molar-refractivity contribution in [3.05, 3.63) is 34.1 Å². The second-order valence-electron chi connectivity index (χ2n) is 5.29. The maximum absolute atomic E-state index is 13.5. The van der Waals surface area contributed by atoms with E-state index in [2.05, 4.69) is 15.9 Å². The number of rotatable bonds is 1. The molecular weight excluding hydrogens is 333 g/mol. The van der Waals surface area contributed by atoms with E-state index in [1.807, 2.05) is 4.90 Å². The van der Waals surface area contributed by atoms with Gasteiger partial charge in [-0.3, -0.25) is 4.79 Å². The summed E-state index contributed by atoms with van der Waals surface area (Å²) in [6.07, 6.45) is 3.73. The van der Waals surface area contributed by atoms with Crippen molar-refractivity contribution >= 4 is 33.4 Å². The van der Waals surface area contributed by atoms with Gasteiger partial charge in [0, 0.05) is 23.0 Å². The first kappa shape index (κ1) is 13.4. The highest BCUT2D eigenvalue weighted by Gasteiger charge is 2.42. The lowest BCUT2D eigenvalue weighted by Crippen LogP contribution is -2.46. The molecule has 1 aromatic carbocycles. The van der Waals surface area contributed by atoms with Crippen LogP contribution in [0.25, 0.3) is 0 Å². The molecule has 2 saturated heterocycles. The van der Waals surface area contributed by atoms with E-state index in [1.165, 1.54) is 6.07 Å². The van der Waals surface area contributed by atoms with Gasteiger partial charge in [-0.25, -0.2) is 4.39 Å². The summed E-state index contributed by atoms with van der Waals surface area (Å²) in [5.74, 6) is -0.465. The molecule has 2 atom stereocenters. The van der Waals surface area contributed by atoms with E-state index in [4.69, 9.17) is 11.6 Å². The Labute approximate surface area is 125 Å². The van der Waals surface area contributed by atoms with Crippen molar-refractivity contribution in [3.63, 3.8) is 0 Å². The van der Waals surface area contributed by atoms with Crippen LogP contribution in [0.1, 0.15) is 36.0 Å². The predicted octanol–water partition coefficient (Wildman–Crippen LogP) is 3.96. The zero-order valence-corrected chi connectivity index (χ0v) is 12.6. The summed E-state index contributed by atoms with van der Waals surface area (Å²) >= 11 is 9.31. The van der Waals surface area contributed by atoms with Crippen LogP contribution in [0.15, 0.2) is 22.7 Å². The molecule has 0 aliphatic carbocycles. The van der Waals surface area contributed by atoms with E-state index >= 15 is 0 Å². The minimum Gasteiger partial charge on any atom is -0.333 e. The highest BCUT2D eigenvalue weighted by Crippen LogP contribution is 2.38. The molecular formula is C14H14BrClFNO. The first-order valence-electron chi connectivity index (χ1n) is 6.48. The average Bonchev–Trinajstić information content (AvgIpc) is 2.64. The third-order valence-corrected chi connectivity index (χ3v) is 5.08. The fraction of sp³-hybridized carbons (Fsp3) is 0.500. The molecule has 2 unspecified atom stereocenters. The van der Waals surface area contributed by atoms with Crippen LogP contribution in [0.5, 0.6) is 0 Å². The SMILES string of the molecule is O=C(c1ccc(Br)c(F)c1)N1C2CCC1CC(Cl)C2. The Morgan fingerprint density at radius 1 is 1.32 bits per heavy atom. The molecule has 2 nitrogen and oxygen atoms in total. The third-order valence-electron chi connectivity index (χ3n) is 4.08. The molecule has 2 aliphatic rings.